The van der Waals surface area contributed by atoms with E-state index < -0.39 is 12.2 Å². The number of halogens is 1. The van der Waals surface area contributed by atoms with Crippen LogP contribution in [0.4, 0.5) is 10.5 Å². The van der Waals surface area contributed by atoms with Crippen molar-refractivity contribution >= 4 is 40.6 Å². The number of pyridine rings is 1. The number of rotatable bonds is 12. The summed E-state index contributed by atoms with van der Waals surface area (Å²) in [5.41, 5.74) is 1.85. The zero-order valence-corrected chi connectivity index (χ0v) is 23.6. The van der Waals surface area contributed by atoms with Gasteiger partial charge in [-0.25, -0.2) is 4.79 Å². The Morgan fingerprint density at radius 3 is 2.72 bits per heavy atom. The number of nitrogens with one attached hydrogen (secondary N) is 1. The number of nitrogens with zero attached hydrogens (tertiary/aromatic N) is 3. The summed E-state index contributed by atoms with van der Waals surface area (Å²) in [6, 6.07) is 12.1. The predicted molar refractivity (Wildman–Crippen MR) is 151 cm³/mol. The van der Waals surface area contributed by atoms with Crippen molar-refractivity contribution in [3.8, 4) is 11.4 Å². The Kier molecular flexibility index (Phi) is 9.63. The molecule has 208 valence electrons. The van der Waals surface area contributed by atoms with Crippen molar-refractivity contribution in [1.29, 1.82) is 0 Å². The van der Waals surface area contributed by atoms with Crippen LogP contribution in [0.1, 0.15) is 15.2 Å². The van der Waals surface area contributed by atoms with Gasteiger partial charge in [-0.05, 0) is 62.0 Å². The van der Waals surface area contributed by atoms with Gasteiger partial charge in [0, 0.05) is 32.1 Å². The number of anilines is 1. The SMILES string of the molecule is COCCN(C)CCOc1cccn(-c2ccc(N3C[C@H](CNC(=O)c4ccc(Cl)s4)OC3=O)cc2C)c1=O. The molecule has 1 aliphatic heterocycles. The van der Waals surface area contributed by atoms with Gasteiger partial charge in [-0.1, -0.05) is 11.6 Å². The second kappa shape index (κ2) is 13.1. The Morgan fingerprint density at radius 1 is 1.21 bits per heavy atom. The van der Waals surface area contributed by atoms with Gasteiger partial charge in [0.05, 0.1) is 34.6 Å². The molecule has 3 aromatic rings. The maximum Gasteiger partial charge on any atom is 0.414 e. The molecule has 2 amide bonds. The van der Waals surface area contributed by atoms with Gasteiger partial charge in [0.25, 0.3) is 11.5 Å². The third-order valence-electron chi connectivity index (χ3n) is 6.23. The highest BCUT2D eigenvalue weighted by Gasteiger charge is 2.33. The van der Waals surface area contributed by atoms with Crippen molar-refractivity contribution in [1.82, 2.24) is 14.8 Å². The first-order valence-corrected chi connectivity index (χ1v) is 13.6. The molecule has 0 saturated carbocycles. The third-order valence-corrected chi connectivity index (χ3v) is 7.46. The van der Waals surface area contributed by atoms with Crippen LogP contribution in [-0.2, 0) is 9.47 Å². The molecule has 0 spiro atoms. The molecule has 0 aliphatic carbocycles. The minimum absolute atomic E-state index is 0.179. The van der Waals surface area contributed by atoms with Crippen molar-refractivity contribution in [3.05, 3.63) is 73.8 Å². The number of cyclic esters (lactones) is 1. The van der Waals surface area contributed by atoms with Gasteiger partial charge in [0.15, 0.2) is 5.75 Å². The number of methoxy groups -OCH3 is 1. The molecule has 39 heavy (non-hydrogen) atoms. The van der Waals surface area contributed by atoms with E-state index in [4.69, 9.17) is 25.8 Å². The van der Waals surface area contributed by atoms with Crippen LogP contribution in [0.15, 0.2) is 53.5 Å². The number of thiophene rings is 1. The quantitative estimate of drug-likeness (QED) is 0.353. The second-order valence-electron chi connectivity index (χ2n) is 9.09. The van der Waals surface area contributed by atoms with E-state index >= 15 is 0 Å². The molecule has 0 unspecified atom stereocenters. The Balaban J connectivity index is 1.39. The smallest absolute Gasteiger partial charge is 0.414 e. The highest BCUT2D eigenvalue weighted by atomic mass is 35.5. The van der Waals surface area contributed by atoms with E-state index in [2.05, 4.69) is 10.2 Å². The summed E-state index contributed by atoms with van der Waals surface area (Å²) in [4.78, 5) is 42.0. The Labute approximate surface area is 235 Å². The van der Waals surface area contributed by atoms with Crippen LogP contribution in [0.5, 0.6) is 5.75 Å². The fraction of sp³-hybridized carbons (Fsp3) is 0.370. The lowest BCUT2D eigenvalue weighted by Gasteiger charge is -2.18. The van der Waals surface area contributed by atoms with Crippen LogP contribution in [-0.4, -0.2) is 81.1 Å². The van der Waals surface area contributed by atoms with Crippen molar-refractivity contribution in [2.24, 2.45) is 0 Å². The number of ether oxygens (including phenoxy) is 3. The standard InChI is InChI=1S/C27H31ClN4O6S/c1-18-15-19(32-17-20(38-27(32)35)16-29-25(33)23-8-9-24(28)39-23)6-7-21(18)31-10-4-5-22(26(31)34)37-14-12-30(2)11-13-36-3/h4-10,15,20H,11-14,16-17H2,1-3H3,(H,29,33)/t20-/m0/s1. The van der Waals surface area contributed by atoms with Crippen LogP contribution < -0.4 is 20.5 Å². The largest absolute Gasteiger partial charge is 0.487 e. The maximum absolute atomic E-state index is 13.1. The Bertz CT molecular complexity index is 1380. The predicted octanol–water partition coefficient (Wildman–Crippen LogP) is 3.57. The van der Waals surface area contributed by atoms with Crippen molar-refractivity contribution in [3.63, 3.8) is 0 Å². The number of carbonyl (C=O) groups excluding carboxylic acids is 2. The number of aromatic nitrogens is 1. The summed E-state index contributed by atoms with van der Waals surface area (Å²) >= 11 is 7.08. The summed E-state index contributed by atoms with van der Waals surface area (Å²) in [7, 11) is 3.62. The molecule has 10 nitrogen and oxygen atoms in total. The minimum atomic E-state index is -0.498. The highest BCUT2D eigenvalue weighted by Crippen LogP contribution is 2.26. The monoisotopic (exact) mass is 574 g/mol. The van der Waals surface area contributed by atoms with E-state index in [-0.39, 0.29) is 30.3 Å². The first-order chi connectivity index (χ1) is 18.8. The molecule has 1 saturated heterocycles. The van der Waals surface area contributed by atoms with Crippen LogP contribution in [0.25, 0.3) is 5.69 Å². The molecule has 1 aliphatic rings. The van der Waals surface area contributed by atoms with Crippen LogP contribution in [0, 0.1) is 6.92 Å². The van der Waals surface area contributed by atoms with E-state index in [1.807, 2.05) is 20.0 Å². The maximum atomic E-state index is 13.1. The second-order valence-corrected chi connectivity index (χ2v) is 10.8. The van der Waals surface area contributed by atoms with Gasteiger partial charge in [-0.15, -0.1) is 11.3 Å². The zero-order valence-electron chi connectivity index (χ0n) is 22.0. The number of aryl methyl sites for hydroxylation is 1. The van der Waals surface area contributed by atoms with E-state index in [1.165, 1.54) is 20.8 Å². The summed E-state index contributed by atoms with van der Waals surface area (Å²) < 4.78 is 18.4. The lowest BCUT2D eigenvalue weighted by molar-refractivity contribution is 0.0920. The molecule has 1 atom stereocenters. The molecule has 4 rings (SSSR count). The van der Waals surface area contributed by atoms with Crippen molar-refractivity contribution in [2.75, 3.05) is 58.5 Å². The first kappa shape index (κ1) is 28.6. The molecular formula is C27H31ClN4O6S. The van der Waals surface area contributed by atoms with E-state index in [1.54, 1.807) is 49.7 Å². The number of carbonyl (C=O) groups is 2. The van der Waals surface area contributed by atoms with E-state index in [0.29, 0.717) is 40.3 Å². The van der Waals surface area contributed by atoms with Gasteiger partial charge in [0.2, 0.25) is 0 Å². The lowest BCUT2D eigenvalue weighted by Crippen LogP contribution is -2.34. The molecule has 1 fully saturated rings. The van der Waals surface area contributed by atoms with E-state index in [9.17, 15) is 14.4 Å². The van der Waals surface area contributed by atoms with Gasteiger partial charge in [-0.2, -0.15) is 0 Å². The summed E-state index contributed by atoms with van der Waals surface area (Å²) in [5.74, 6) is -0.00434. The van der Waals surface area contributed by atoms with Crippen molar-refractivity contribution < 1.29 is 23.8 Å². The molecule has 0 bridgehead atoms. The number of amides is 2. The number of likely N-dealkylation sites (N-methyl/N-ethyl adjacent to an activating group) is 1. The molecule has 12 heteroatoms. The lowest BCUT2D eigenvalue weighted by atomic mass is 10.1. The van der Waals surface area contributed by atoms with Crippen LogP contribution in [0.2, 0.25) is 4.34 Å². The minimum Gasteiger partial charge on any atom is -0.487 e. The molecule has 3 heterocycles. The highest BCUT2D eigenvalue weighted by molar-refractivity contribution is 7.18. The fourth-order valence-electron chi connectivity index (χ4n) is 4.09. The van der Waals surface area contributed by atoms with Gasteiger partial charge in [-0.3, -0.25) is 19.1 Å². The summed E-state index contributed by atoms with van der Waals surface area (Å²) in [6.07, 6.45) is 0.691. The van der Waals surface area contributed by atoms with Crippen LogP contribution >= 0.6 is 22.9 Å². The third kappa shape index (κ3) is 7.18. The van der Waals surface area contributed by atoms with Crippen LogP contribution in [0.3, 0.4) is 0 Å². The Hall–Kier alpha value is -3.38. The summed E-state index contributed by atoms with van der Waals surface area (Å²) in [5, 5.41) is 2.78. The number of benzene rings is 1. The number of hydrogen-bond acceptors (Lipinski definition) is 8. The molecule has 2 aromatic heterocycles. The zero-order chi connectivity index (χ0) is 27.9. The Morgan fingerprint density at radius 2 is 2.00 bits per heavy atom. The number of hydrogen-bond donors (Lipinski definition) is 1. The molecular weight excluding hydrogens is 544 g/mol. The average molecular weight is 575 g/mol. The van der Waals surface area contributed by atoms with Gasteiger partial charge in [0.1, 0.15) is 12.7 Å². The molecule has 0 radical (unpaired) electrons. The van der Waals surface area contributed by atoms with E-state index in [0.717, 1.165) is 12.1 Å². The normalized spacial score (nSPS) is 15.1. The summed E-state index contributed by atoms with van der Waals surface area (Å²) in [6.45, 7) is 4.76. The molecule has 1 N–H and O–H groups in total. The first-order valence-electron chi connectivity index (χ1n) is 12.4. The topological polar surface area (TPSA) is 102 Å². The van der Waals surface area contributed by atoms with Gasteiger partial charge >= 0.3 is 6.09 Å². The fourth-order valence-corrected chi connectivity index (χ4v) is 5.05. The van der Waals surface area contributed by atoms with Gasteiger partial charge < -0.3 is 24.4 Å². The molecule has 1 aromatic carbocycles. The average Bonchev–Trinajstić information content (AvgIpc) is 3.52. The van der Waals surface area contributed by atoms with Crippen molar-refractivity contribution in [2.45, 2.75) is 13.0 Å².